The number of unbranched alkanes of at least 4 members (excludes halogenated alkanes) is 3. The molecule has 1 fully saturated rings. The van der Waals surface area contributed by atoms with Gasteiger partial charge in [0.05, 0.1) is 0 Å². The van der Waals surface area contributed by atoms with E-state index in [1.54, 1.807) is 0 Å². The van der Waals surface area contributed by atoms with E-state index in [1.165, 1.54) is 10.7 Å². The van der Waals surface area contributed by atoms with E-state index in [0.29, 0.717) is 13.0 Å². The Labute approximate surface area is 172 Å². The summed E-state index contributed by atoms with van der Waals surface area (Å²) in [5.74, 6) is 0. The molecule has 0 saturated carbocycles. The van der Waals surface area contributed by atoms with Crippen molar-refractivity contribution in [2.45, 2.75) is 104 Å². The van der Waals surface area contributed by atoms with Gasteiger partial charge in [-0.2, -0.15) is 0 Å². The molecule has 0 bridgehead atoms. The van der Waals surface area contributed by atoms with E-state index in [-0.39, 0.29) is 0 Å². The van der Waals surface area contributed by atoms with Crippen molar-refractivity contribution in [2.75, 3.05) is 6.61 Å². The van der Waals surface area contributed by atoms with Crippen molar-refractivity contribution in [3.05, 3.63) is 11.8 Å². The third-order valence-corrected chi connectivity index (χ3v) is 21.0. The number of aromatic nitrogens is 2. The standard InChI is InChI=1S/C9H10F3N2O.3C4H9.Sn/c10-9(11,12)7-4-5-13-14(7)8-3-1-2-6-15-8;3*1-3-4-2;/h4,8H,1-3,6H2;3*1,3-4H2,2H3;. The Morgan fingerprint density at radius 3 is 2.04 bits per heavy atom. The third-order valence-electron chi connectivity index (χ3n) is 6.02. The van der Waals surface area contributed by atoms with E-state index in [0.717, 1.165) is 68.4 Å². The molecule has 2 heterocycles. The summed E-state index contributed by atoms with van der Waals surface area (Å²) >= 11 is -3.00. The molecule has 1 unspecified atom stereocenters. The number of halogens is 3. The first-order chi connectivity index (χ1) is 13.4. The number of hydrogen-bond acceptors (Lipinski definition) is 2. The van der Waals surface area contributed by atoms with Gasteiger partial charge in [0, 0.05) is 0 Å². The van der Waals surface area contributed by atoms with Crippen LogP contribution in [0.25, 0.3) is 0 Å². The minimum absolute atomic E-state index is 0.521. The second-order valence-corrected chi connectivity index (χ2v) is 21.3. The van der Waals surface area contributed by atoms with E-state index in [4.69, 9.17) is 9.84 Å². The quantitative estimate of drug-likeness (QED) is 0.312. The molecule has 1 saturated heterocycles. The van der Waals surface area contributed by atoms with Crippen LogP contribution >= 0.6 is 0 Å². The van der Waals surface area contributed by atoms with Gasteiger partial charge in [-0.15, -0.1) is 0 Å². The summed E-state index contributed by atoms with van der Waals surface area (Å²) in [5.41, 5.74) is -0.597. The van der Waals surface area contributed by atoms with Crippen molar-refractivity contribution in [3.8, 4) is 0 Å². The molecule has 0 radical (unpaired) electrons. The monoisotopic (exact) mass is 510 g/mol. The number of rotatable bonds is 11. The van der Waals surface area contributed by atoms with Gasteiger partial charge in [0.1, 0.15) is 0 Å². The van der Waals surface area contributed by atoms with Gasteiger partial charge in [-0.05, 0) is 0 Å². The third kappa shape index (κ3) is 6.13. The molecular weight excluding hydrogens is 472 g/mol. The normalized spacial score (nSPS) is 18.6. The zero-order valence-corrected chi connectivity index (χ0v) is 20.6. The van der Waals surface area contributed by atoms with Crippen molar-refractivity contribution in [1.82, 2.24) is 9.78 Å². The summed E-state index contributed by atoms with van der Waals surface area (Å²) in [5, 5.41) is 4.70. The maximum atomic E-state index is 13.9. The fourth-order valence-electron chi connectivity index (χ4n) is 4.31. The van der Waals surface area contributed by atoms with Gasteiger partial charge in [-0.1, -0.05) is 0 Å². The van der Waals surface area contributed by atoms with Gasteiger partial charge >= 0.3 is 172 Å². The molecule has 1 aliphatic heterocycles. The van der Waals surface area contributed by atoms with Crippen molar-refractivity contribution >= 4 is 22.1 Å². The molecule has 0 amide bonds. The number of nitrogens with zero attached hydrogens (tertiary/aromatic N) is 2. The summed E-state index contributed by atoms with van der Waals surface area (Å²) in [6, 6.07) is 1.43. The van der Waals surface area contributed by atoms with Crippen LogP contribution in [0.2, 0.25) is 13.3 Å². The Morgan fingerprint density at radius 2 is 1.61 bits per heavy atom. The summed E-state index contributed by atoms with van der Waals surface area (Å²) in [6.07, 6.45) is 4.08. The minimum atomic E-state index is -4.38. The second-order valence-electron chi connectivity index (χ2n) is 8.27. The predicted octanol–water partition coefficient (Wildman–Crippen LogP) is 6.66. The molecular formula is C21H37F3N2OSn. The Morgan fingerprint density at radius 1 is 1.04 bits per heavy atom. The van der Waals surface area contributed by atoms with Crippen molar-refractivity contribution < 1.29 is 17.9 Å². The molecule has 162 valence electrons. The zero-order valence-electron chi connectivity index (χ0n) is 17.8. The number of alkyl halides is 3. The van der Waals surface area contributed by atoms with Crippen LogP contribution in [0.4, 0.5) is 13.2 Å². The van der Waals surface area contributed by atoms with Crippen LogP contribution in [0.1, 0.15) is 90.5 Å². The van der Waals surface area contributed by atoms with E-state index in [1.807, 2.05) is 0 Å². The fourth-order valence-corrected chi connectivity index (χ4v) is 19.6. The second kappa shape index (κ2) is 11.2. The molecule has 0 spiro atoms. The van der Waals surface area contributed by atoms with E-state index in [2.05, 4.69) is 20.8 Å². The summed E-state index contributed by atoms with van der Waals surface area (Å²) in [6.45, 7) is 7.04. The van der Waals surface area contributed by atoms with Gasteiger partial charge in [0.2, 0.25) is 0 Å². The van der Waals surface area contributed by atoms with Crippen LogP contribution in [0.3, 0.4) is 0 Å². The van der Waals surface area contributed by atoms with E-state index >= 15 is 0 Å². The Balaban J connectivity index is 2.48. The first-order valence-electron chi connectivity index (χ1n) is 11.2. The van der Waals surface area contributed by atoms with Gasteiger partial charge in [-0.25, -0.2) is 0 Å². The molecule has 1 aromatic heterocycles. The molecule has 2 rings (SSSR count). The van der Waals surface area contributed by atoms with Crippen LogP contribution in [0, 0.1) is 0 Å². The molecule has 0 N–H and O–H groups in total. The van der Waals surface area contributed by atoms with Crippen LogP contribution in [0.5, 0.6) is 0 Å². The number of hydrogen-bond donors (Lipinski definition) is 0. The first-order valence-corrected chi connectivity index (χ1v) is 18.6. The van der Waals surface area contributed by atoms with E-state index in [9.17, 15) is 13.2 Å². The Hall–Kier alpha value is -0.241. The summed E-state index contributed by atoms with van der Waals surface area (Å²) in [4.78, 5) is 0. The summed E-state index contributed by atoms with van der Waals surface area (Å²) in [7, 11) is 0. The molecule has 1 atom stereocenters. The van der Waals surface area contributed by atoms with E-state index < -0.39 is 36.5 Å². The van der Waals surface area contributed by atoms with Crippen LogP contribution < -0.4 is 3.71 Å². The molecule has 7 heteroatoms. The average Bonchev–Trinajstić information content (AvgIpc) is 3.15. The summed E-state index contributed by atoms with van der Waals surface area (Å²) < 4.78 is 52.7. The molecule has 1 aliphatic rings. The molecule has 0 aliphatic carbocycles. The van der Waals surface area contributed by atoms with Crippen LogP contribution in [-0.4, -0.2) is 34.8 Å². The van der Waals surface area contributed by atoms with Crippen molar-refractivity contribution in [3.63, 3.8) is 0 Å². The Bertz CT molecular complexity index is 561. The van der Waals surface area contributed by atoms with Gasteiger partial charge in [0.25, 0.3) is 0 Å². The van der Waals surface area contributed by atoms with Gasteiger partial charge in [-0.3, -0.25) is 0 Å². The van der Waals surface area contributed by atoms with Crippen LogP contribution in [0.15, 0.2) is 6.07 Å². The molecule has 0 aromatic carbocycles. The fraction of sp³-hybridized carbons (Fsp3) is 0.857. The number of ether oxygens (including phenoxy) is 1. The maximum absolute atomic E-state index is 13.9. The van der Waals surface area contributed by atoms with Crippen molar-refractivity contribution in [2.24, 2.45) is 0 Å². The molecule has 1 aromatic rings. The average molecular weight is 509 g/mol. The van der Waals surface area contributed by atoms with Gasteiger partial charge in [0.15, 0.2) is 0 Å². The van der Waals surface area contributed by atoms with Gasteiger partial charge < -0.3 is 0 Å². The van der Waals surface area contributed by atoms with Crippen molar-refractivity contribution in [1.29, 1.82) is 0 Å². The SMILES string of the molecule is CCC[CH2][Sn]([CH2]CCC)([CH2]CCC)[c]1cc(C(F)(F)F)n(C2CCCCO2)n1. The molecule has 3 nitrogen and oxygen atoms in total. The zero-order chi connectivity index (χ0) is 20.6. The predicted molar refractivity (Wildman–Crippen MR) is 111 cm³/mol. The first kappa shape index (κ1) is 24.0. The topological polar surface area (TPSA) is 27.1 Å². The molecule has 28 heavy (non-hydrogen) atoms. The van der Waals surface area contributed by atoms with Crippen LogP contribution in [-0.2, 0) is 10.9 Å². The Kier molecular flexibility index (Phi) is 9.64.